The largest absolute Gasteiger partial charge is 0.382 e. The number of nitrogen functional groups attached to an aromatic ring is 1. The standard InChI is InChI=1S/C22H32FN7/c1-15(2)6-4-7-16(3)28-22(26)27-13-5-8-20-19(14-24)21(25)30(29-20)18-11-9-17(23)10-12-18/h9-12,15-16H,4-8,13,25H2,1-3H3,(H3,26,27,28). The van der Waals surface area contributed by atoms with Gasteiger partial charge in [0.25, 0.3) is 0 Å². The van der Waals surface area contributed by atoms with Gasteiger partial charge in [-0.1, -0.05) is 26.7 Å². The highest BCUT2D eigenvalue weighted by atomic mass is 19.1. The smallest absolute Gasteiger partial charge is 0.188 e. The molecule has 0 aliphatic heterocycles. The lowest BCUT2D eigenvalue weighted by molar-refractivity contribution is 0.493. The zero-order valence-corrected chi connectivity index (χ0v) is 18.0. The van der Waals surface area contributed by atoms with E-state index in [0.29, 0.717) is 48.2 Å². The Morgan fingerprint density at radius 3 is 2.57 bits per heavy atom. The number of nitrogens with two attached hydrogens (primary N) is 2. The monoisotopic (exact) mass is 413 g/mol. The predicted molar refractivity (Wildman–Crippen MR) is 119 cm³/mol. The van der Waals surface area contributed by atoms with Crippen molar-refractivity contribution in [2.45, 2.75) is 58.9 Å². The summed E-state index contributed by atoms with van der Waals surface area (Å²) >= 11 is 0. The van der Waals surface area contributed by atoms with E-state index in [1.165, 1.54) is 23.2 Å². The fraction of sp³-hybridized carbons (Fsp3) is 0.500. The summed E-state index contributed by atoms with van der Waals surface area (Å²) in [4.78, 5) is 4.37. The molecule has 2 rings (SSSR count). The highest BCUT2D eigenvalue weighted by Gasteiger charge is 2.16. The van der Waals surface area contributed by atoms with Crippen LogP contribution in [-0.2, 0) is 6.42 Å². The van der Waals surface area contributed by atoms with Gasteiger partial charge in [-0.2, -0.15) is 10.4 Å². The molecule has 0 aliphatic carbocycles. The van der Waals surface area contributed by atoms with Gasteiger partial charge in [0.1, 0.15) is 23.3 Å². The van der Waals surface area contributed by atoms with E-state index in [0.717, 1.165) is 12.8 Å². The summed E-state index contributed by atoms with van der Waals surface area (Å²) in [6.45, 7) is 7.07. The zero-order valence-electron chi connectivity index (χ0n) is 18.0. The SMILES string of the molecule is CC(C)CCCC(C)NC(N)=NCCCc1nn(-c2ccc(F)cc2)c(N)c1C#N. The van der Waals surface area contributed by atoms with Crippen LogP contribution in [0.1, 0.15) is 57.7 Å². The minimum absolute atomic E-state index is 0.249. The lowest BCUT2D eigenvalue weighted by Crippen LogP contribution is -2.38. The van der Waals surface area contributed by atoms with Gasteiger partial charge in [0, 0.05) is 12.6 Å². The van der Waals surface area contributed by atoms with Crippen LogP contribution in [0.2, 0.25) is 0 Å². The summed E-state index contributed by atoms with van der Waals surface area (Å²) in [6, 6.07) is 8.20. The number of rotatable bonds is 10. The second-order valence-corrected chi connectivity index (χ2v) is 7.95. The van der Waals surface area contributed by atoms with Crippen molar-refractivity contribution < 1.29 is 4.39 Å². The number of benzene rings is 1. The van der Waals surface area contributed by atoms with Gasteiger partial charge in [0.15, 0.2) is 5.96 Å². The van der Waals surface area contributed by atoms with Gasteiger partial charge in [-0.25, -0.2) is 9.07 Å². The van der Waals surface area contributed by atoms with Crippen molar-refractivity contribution in [3.63, 3.8) is 0 Å². The van der Waals surface area contributed by atoms with Gasteiger partial charge in [-0.05, 0) is 56.4 Å². The summed E-state index contributed by atoms with van der Waals surface area (Å²) in [6.07, 6.45) is 4.65. The van der Waals surface area contributed by atoms with Crippen LogP contribution in [0.3, 0.4) is 0 Å². The molecule has 7 nitrogen and oxygen atoms in total. The van der Waals surface area contributed by atoms with Crippen LogP contribution in [0.5, 0.6) is 0 Å². The molecule has 2 aromatic rings. The third-order valence-corrected chi connectivity index (χ3v) is 4.84. The Hall–Kier alpha value is -3.08. The summed E-state index contributed by atoms with van der Waals surface area (Å²) in [5.74, 6) is 1.05. The quantitative estimate of drug-likeness (QED) is 0.313. The molecule has 8 heteroatoms. The van der Waals surface area contributed by atoms with E-state index in [4.69, 9.17) is 11.5 Å². The van der Waals surface area contributed by atoms with E-state index in [9.17, 15) is 9.65 Å². The Morgan fingerprint density at radius 2 is 1.93 bits per heavy atom. The molecule has 0 bridgehead atoms. The van der Waals surface area contributed by atoms with Gasteiger partial charge >= 0.3 is 0 Å². The molecule has 0 aliphatic rings. The molecule has 1 aromatic carbocycles. The topological polar surface area (TPSA) is 118 Å². The Balaban J connectivity index is 1.90. The number of aliphatic imine (C=N–C) groups is 1. The first-order chi connectivity index (χ1) is 14.3. The predicted octanol–water partition coefficient (Wildman–Crippen LogP) is 3.52. The molecular weight excluding hydrogens is 381 g/mol. The van der Waals surface area contributed by atoms with Crippen LogP contribution >= 0.6 is 0 Å². The van der Waals surface area contributed by atoms with Gasteiger partial charge in [0.2, 0.25) is 0 Å². The van der Waals surface area contributed by atoms with Crippen molar-refractivity contribution in [1.29, 1.82) is 5.26 Å². The number of aryl methyl sites for hydroxylation is 1. The second kappa shape index (κ2) is 11.2. The van der Waals surface area contributed by atoms with Crippen LogP contribution in [-0.4, -0.2) is 28.3 Å². The van der Waals surface area contributed by atoms with E-state index in [1.807, 2.05) is 0 Å². The maximum absolute atomic E-state index is 13.2. The van der Waals surface area contributed by atoms with Crippen LogP contribution in [0.25, 0.3) is 5.69 Å². The van der Waals surface area contributed by atoms with Crippen molar-refractivity contribution in [3.8, 4) is 11.8 Å². The Labute approximate surface area is 178 Å². The molecule has 0 radical (unpaired) electrons. The maximum Gasteiger partial charge on any atom is 0.188 e. The van der Waals surface area contributed by atoms with Gasteiger partial charge in [0.05, 0.1) is 11.4 Å². The molecule has 0 saturated heterocycles. The Kier molecular flexibility index (Phi) is 8.66. The highest BCUT2D eigenvalue weighted by Crippen LogP contribution is 2.21. The van der Waals surface area contributed by atoms with Crippen molar-refractivity contribution in [2.24, 2.45) is 16.6 Å². The Morgan fingerprint density at radius 1 is 1.23 bits per heavy atom. The average Bonchev–Trinajstić information content (AvgIpc) is 3.01. The summed E-state index contributed by atoms with van der Waals surface area (Å²) in [5, 5.41) is 17.1. The minimum atomic E-state index is -0.344. The maximum atomic E-state index is 13.2. The second-order valence-electron chi connectivity index (χ2n) is 7.95. The molecule has 1 aromatic heterocycles. The number of halogens is 1. The molecule has 0 fully saturated rings. The third kappa shape index (κ3) is 6.76. The summed E-state index contributed by atoms with van der Waals surface area (Å²) in [5.41, 5.74) is 13.6. The first-order valence-electron chi connectivity index (χ1n) is 10.4. The molecule has 0 amide bonds. The molecule has 1 atom stereocenters. The first kappa shape index (κ1) is 23.2. The van der Waals surface area contributed by atoms with Crippen LogP contribution in [0, 0.1) is 23.1 Å². The van der Waals surface area contributed by atoms with Crippen molar-refractivity contribution in [2.75, 3.05) is 12.3 Å². The molecule has 0 spiro atoms. The van der Waals surface area contributed by atoms with Crippen LogP contribution in [0.4, 0.5) is 10.2 Å². The number of aromatic nitrogens is 2. The molecule has 1 heterocycles. The van der Waals surface area contributed by atoms with E-state index < -0.39 is 0 Å². The number of guanidine groups is 1. The average molecular weight is 414 g/mol. The first-order valence-corrected chi connectivity index (χ1v) is 10.4. The number of hydrogen-bond acceptors (Lipinski definition) is 4. The molecule has 30 heavy (non-hydrogen) atoms. The van der Waals surface area contributed by atoms with Gasteiger partial charge in [-0.3, -0.25) is 4.99 Å². The molecular formula is C22H32FN7. The lowest BCUT2D eigenvalue weighted by Gasteiger charge is -2.15. The molecule has 1 unspecified atom stereocenters. The van der Waals surface area contributed by atoms with Gasteiger partial charge < -0.3 is 16.8 Å². The summed E-state index contributed by atoms with van der Waals surface area (Å²) in [7, 11) is 0. The highest BCUT2D eigenvalue weighted by molar-refractivity contribution is 5.78. The van der Waals surface area contributed by atoms with Crippen LogP contribution < -0.4 is 16.8 Å². The number of nitriles is 1. The summed E-state index contributed by atoms with van der Waals surface area (Å²) < 4.78 is 14.6. The molecule has 0 saturated carbocycles. The number of hydrogen-bond donors (Lipinski definition) is 3. The van der Waals surface area contributed by atoms with E-state index in [1.54, 1.807) is 12.1 Å². The number of nitrogens with one attached hydrogen (secondary N) is 1. The number of anilines is 1. The fourth-order valence-electron chi connectivity index (χ4n) is 3.20. The van der Waals surface area contributed by atoms with E-state index in [-0.39, 0.29) is 17.7 Å². The van der Waals surface area contributed by atoms with Gasteiger partial charge in [-0.15, -0.1) is 0 Å². The molecule has 162 valence electrons. The number of nitrogens with zero attached hydrogens (tertiary/aromatic N) is 4. The minimum Gasteiger partial charge on any atom is -0.382 e. The van der Waals surface area contributed by atoms with Crippen molar-refractivity contribution >= 4 is 11.8 Å². The van der Waals surface area contributed by atoms with Crippen molar-refractivity contribution in [1.82, 2.24) is 15.1 Å². The fourth-order valence-corrected chi connectivity index (χ4v) is 3.20. The lowest BCUT2D eigenvalue weighted by atomic mass is 10.0. The third-order valence-electron chi connectivity index (χ3n) is 4.84. The normalized spacial score (nSPS) is 12.7. The zero-order chi connectivity index (χ0) is 22.1. The van der Waals surface area contributed by atoms with Crippen LogP contribution in [0.15, 0.2) is 29.3 Å². The molecule has 5 N–H and O–H groups in total. The van der Waals surface area contributed by atoms with Crippen molar-refractivity contribution in [3.05, 3.63) is 41.3 Å². The van der Waals surface area contributed by atoms with E-state index in [2.05, 4.69) is 42.2 Å². The van der Waals surface area contributed by atoms with E-state index >= 15 is 0 Å². The Bertz CT molecular complexity index is 878.